The standard InChI is InChI=1S/C13H19N3O3S/c1-3-19-13(18)11-8-20-5-4-16(11)12(17)10-6-9(14)7-15(10)2/h6-7,11H,3-5,8,14H2,1-2H3. The topological polar surface area (TPSA) is 77.6 Å². The molecule has 1 amide bonds. The average molecular weight is 297 g/mol. The molecule has 110 valence electrons. The predicted molar refractivity (Wildman–Crippen MR) is 78.6 cm³/mol. The molecule has 20 heavy (non-hydrogen) atoms. The highest BCUT2D eigenvalue weighted by atomic mass is 32.2. The van der Waals surface area contributed by atoms with Gasteiger partial charge in [-0.05, 0) is 13.0 Å². The number of nitrogen functional groups attached to an aromatic ring is 1. The van der Waals surface area contributed by atoms with Gasteiger partial charge in [-0.3, -0.25) is 4.79 Å². The average Bonchev–Trinajstić information content (AvgIpc) is 2.77. The number of hydrogen-bond acceptors (Lipinski definition) is 5. The molecule has 1 saturated heterocycles. The first-order valence-corrected chi connectivity index (χ1v) is 7.67. The Balaban J connectivity index is 2.21. The molecule has 2 N–H and O–H groups in total. The van der Waals surface area contributed by atoms with Crippen LogP contribution in [-0.2, 0) is 16.6 Å². The number of amides is 1. The summed E-state index contributed by atoms with van der Waals surface area (Å²) in [5.74, 6) is 0.879. The molecule has 2 rings (SSSR count). The number of ether oxygens (including phenoxy) is 1. The minimum absolute atomic E-state index is 0.178. The number of rotatable bonds is 3. The SMILES string of the molecule is CCOC(=O)C1CSCCN1C(=O)c1cc(N)cn1C. The van der Waals surface area contributed by atoms with E-state index in [2.05, 4.69) is 0 Å². The van der Waals surface area contributed by atoms with E-state index in [0.717, 1.165) is 5.75 Å². The molecule has 6 nitrogen and oxygen atoms in total. The first-order valence-electron chi connectivity index (χ1n) is 6.51. The first-order chi connectivity index (χ1) is 9.54. The molecule has 0 saturated carbocycles. The lowest BCUT2D eigenvalue weighted by molar-refractivity contribution is -0.147. The van der Waals surface area contributed by atoms with Crippen molar-refractivity contribution in [3.8, 4) is 0 Å². The van der Waals surface area contributed by atoms with Gasteiger partial charge in [0.2, 0.25) is 0 Å². The molecule has 1 aromatic rings. The van der Waals surface area contributed by atoms with Gasteiger partial charge in [0.05, 0.1) is 12.3 Å². The fourth-order valence-corrected chi connectivity index (χ4v) is 3.26. The van der Waals surface area contributed by atoms with Crippen molar-refractivity contribution in [3.05, 3.63) is 18.0 Å². The Morgan fingerprint density at radius 2 is 2.30 bits per heavy atom. The monoisotopic (exact) mass is 297 g/mol. The van der Waals surface area contributed by atoms with Crippen LogP contribution in [0.4, 0.5) is 5.69 Å². The summed E-state index contributed by atoms with van der Waals surface area (Å²) in [6.07, 6.45) is 1.69. The number of carbonyl (C=O) groups excluding carboxylic acids is 2. The Morgan fingerprint density at radius 1 is 1.55 bits per heavy atom. The van der Waals surface area contributed by atoms with Crippen molar-refractivity contribution in [1.82, 2.24) is 9.47 Å². The normalized spacial score (nSPS) is 18.9. The summed E-state index contributed by atoms with van der Waals surface area (Å²) in [5.41, 5.74) is 6.73. The number of anilines is 1. The number of nitrogens with two attached hydrogens (primary N) is 1. The zero-order valence-corrected chi connectivity index (χ0v) is 12.5. The maximum absolute atomic E-state index is 12.6. The molecule has 2 heterocycles. The van der Waals surface area contributed by atoms with E-state index < -0.39 is 6.04 Å². The Morgan fingerprint density at radius 3 is 2.90 bits per heavy atom. The number of carbonyl (C=O) groups is 2. The molecule has 0 radical (unpaired) electrons. The lowest BCUT2D eigenvalue weighted by Crippen LogP contribution is -2.51. The van der Waals surface area contributed by atoms with Crippen molar-refractivity contribution in [3.63, 3.8) is 0 Å². The van der Waals surface area contributed by atoms with Gasteiger partial charge in [-0.1, -0.05) is 0 Å². The molecule has 1 aliphatic rings. The third kappa shape index (κ3) is 2.92. The van der Waals surface area contributed by atoms with Gasteiger partial charge >= 0.3 is 5.97 Å². The molecule has 0 aromatic carbocycles. The molecule has 0 bridgehead atoms. The Kier molecular flexibility index (Phi) is 4.59. The number of hydrogen-bond donors (Lipinski definition) is 1. The van der Waals surface area contributed by atoms with E-state index in [4.69, 9.17) is 10.5 Å². The fraction of sp³-hybridized carbons (Fsp3) is 0.538. The van der Waals surface area contributed by atoms with E-state index in [1.807, 2.05) is 0 Å². The van der Waals surface area contributed by atoms with Crippen LogP contribution in [0.25, 0.3) is 0 Å². The van der Waals surface area contributed by atoms with E-state index >= 15 is 0 Å². The molecular weight excluding hydrogens is 278 g/mol. The largest absolute Gasteiger partial charge is 0.464 e. The molecular formula is C13H19N3O3S. The van der Waals surface area contributed by atoms with Gasteiger partial charge in [0, 0.05) is 31.3 Å². The second-order valence-corrected chi connectivity index (χ2v) is 5.76. The third-order valence-electron chi connectivity index (χ3n) is 3.19. The zero-order chi connectivity index (χ0) is 14.7. The van der Waals surface area contributed by atoms with Crippen LogP contribution in [-0.4, -0.2) is 52.0 Å². The Labute approximate surface area is 122 Å². The molecule has 1 fully saturated rings. The van der Waals surface area contributed by atoms with Crippen molar-refractivity contribution in [1.29, 1.82) is 0 Å². The third-order valence-corrected chi connectivity index (χ3v) is 4.22. The van der Waals surface area contributed by atoms with Crippen LogP contribution in [0.15, 0.2) is 12.3 Å². The van der Waals surface area contributed by atoms with Gasteiger partial charge in [-0.15, -0.1) is 0 Å². The van der Waals surface area contributed by atoms with Crippen molar-refractivity contribution in [2.45, 2.75) is 13.0 Å². The van der Waals surface area contributed by atoms with Crippen LogP contribution in [0.2, 0.25) is 0 Å². The number of aryl methyl sites for hydroxylation is 1. The summed E-state index contributed by atoms with van der Waals surface area (Å²) >= 11 is 1.66. The van der Waals surface area contributed by atoms with Gasteiger partial charge in [-0.2, -0.15) is 11.8 Å². The minimum atomic E-state index is -0.516. The summed E-state index contributed by atoms with van der Waals surface area (Å²) in [6, 6.07) is 1.11. The number of nitrogens with zero attached hydrogens (tertiary/aromatic N) is 2. The second-order valence-electron chi connectivity index (χ2n) is 4.61. The summed E-state index contributed by atoms with van der Waals surface area (Å²) in [7, 11) is 1.77. The summed E-state index contributed by atoms with van der Waals surface area (Å²) in [5, 5.41) is 0. The highest BCUT2D eigenvalue weighted by Crippen LogP contribution is 2.21. The van der Waals surface area contributed by atoms with Crippen LogP contribution in [0, 0.1) is 0 Å². The molecule has 1 aliphatic heterocycles. The second kappa shape index (κ2) is 6.21. The maximum Gasteiger partial charge on any atom is 0.329 e. The van der Waals surface area contributed by atoms with Gasteiger partial charge in [-0.25, -0.2) is 4.79 Å². The summed E-state index contributed by atoms with van der Waals surface area (Å²) < 4.78 is 6.74. The molecule has 0 aliphatic carbocycles. The lowest BCUT2D eigenvalue weighted by Gasteiger charge is -2.33. The molecule has 1 unspecified atom stereocenters. The van der Waals surface area contributed by atoms with Crippen LogP contribution >= 0.6 is 11.8 Å². The molecule has 7 heteroatoms. The van der Waals surface area contributed by atoms with Crippen molar-refractivity contribution < 1.29 is 14.3 Å². The maximum atomic E-state index is 12.6. The summed E-state index contributed by atoms with van der Waals surface area (Å²) in [4.78, 5) is 26.1. The van der Waals surface area contributed by atoms with E-state index in [1.54, 1.807) is 47.5 Å². The highest BCUT2D eigenvalue weighted by Gasteiger charge is 2.34. The van der Waals surface area contributed by atoms with Gasteiger partial charge in [0.15, 0.2) is 0 Å². The number of thioether (sulfide) groups is 1. The Bertz CT molecular complexity index is 515. The van der Waals surface area contributed by atoms with E-state index in [-0.39, 0.29) is 11.9 Å². The molecule has 0 spiro atoms. The van der Waals surface area contributed by atoms with Crippen LogP contribution in [0.3, 0.4) is 0 Å². The minimum Gasteiger partial charge on any atom is -0.464 e. The predicted octanol–water partition coefficient (Wildman–Crippen LogP) is 0.728. The Hall–Kier alpha value is -1.63. The number of esters is 1. The highest BCUT2D eigenvalue weighted by molar-refractivity contribution is 7.99. The smallest absolute Gasteiger partial charge is 0.329 e. The van der Waals surface area contributed by atoms with E-state index in [0.29, 0.717) is 30.3 Å². The fourth-order valence-electron chi connectivity index (χ4n) is 2.23. The molecule has 1 atom stereocenters. The van der Waals surface area contributed by atoms with Crippen LogP contribution in [0.5, 0.6) is 0 Å². The molecule has 1 aromatic heterocycles. The van der Waals surface area contributed by atoms with Crippen molar-refractivity contribution in [2.24, 2.45) is 7.05 Å². The first kappa shape index (κ1) is 14.8. The zero-order valence-electron chi connectivity index (χ0n) is 11.7. The van der Waals surface area contributed by atoms with Crippen molar-refractivity contribution in [2.75, 3.05) is 30.4 Å². The van der Waals surface area contributed by atoms with Crippen LogP contribution in [0.1, 0.15) is 17.4 Å². The van der Waals surface area contributed by atoms with Gasteiger partial charge < -0.3 is 19.9 Å². The van der Waals surface area contributed by atoms with Crippen molar-refractivity contribution >= 4 is 29.3 Å². The van der Waals surface area contributed by atoms with Gasteiger partial charge in [0.25, 0.3) is 5.91 Å². The van der Waals surface area contributed by atoms with Crippen LogP contribution < -0.4 is 5.73 Å². The van der Waals surface area contributed by atoms with Gasteiger partial charge in [0.1, 0.15) is 11.7 Å². The quantitative estimate of drug-likeness (QED) is 0.832. The lowest BCUT2D eigenvalue weighted by atomic mass is 10.2. The van der Waals surface area contributed by atoms with E-state index in [1.165, 1.54) is 0 Å². The summed E-state index contributed by atoms with van der Waals surface area (Å²) in [6.45, 7) is 2.62. The number of aromatic nitrogens is 1. The van der Waals surface area contributed by atoms with E-state index in [9.17, 15) is 9.59 Å².